The Balaban J connectivity index is 1.98. The van der Waals surface area contributed by atoms with Gasteiger partial charge in [-0.2, -0.15) is 0 Å². The lowest BCUT2D eigenvalue weighted by atomic mass is 10.3. The van der Waals surface area contributed by atoms with Crippen molar-refractivity contribution in [2.24, 2.45) is 0 Å². The minimum absolute atomic E-state index is 0.446. The molecule has 6 heteroatoms. The number of hydrogen-bond acceptors (Lipinski definition) is 5. The Morgan fingerprint density at radius 2 is 1.95 bits per heavy atom. The van der Waals surface area contributed by atoms with Crippen molar-refractivity contribution in [1.82, 2.24) is 14.6 Å². The molecule has 114 valence electrons. The van der Waals surface area contributed by atoms with Crippen LogP contribution in [0.4, 0.5) is 17.2 Å². The second-order valence-corrected chi connectivity index (χ2v) is 5.08. The summed E-state index contributed by atoms with van der Waals surface area (Å²) in [5.41, 5.74) is 10.3. The molecule has 0 saturated heterocycles. The quantitative estimate of drug-likeness (QED) is 0.774. The molecule has 6 nitrogen and oxygen atoms in total. The van der Waals surface area contributed by atoms with Gasteiger partial charge in [0.2, 0.25) is 0 Å². The number of nitrogens with two attached hydrogens (primary N) is 1. The van der Waals surface area contributed by atoms with E-state index in [4.69, 9.17) is 10.5 Å². The van der Waals surface area contributed by atoms with Crippen LogP contribution >= 0.6 is 0 Å². The van der Waals surface area contributed by atoms with Crippen LogP contribution in [0.3, 0.4) is 0 Å². The molecule has 0 bridgehead atoms. The van der Waals surface area contributed by atoms with Crippen LogP contribution in [-0.2, 0) is 0 Å². The first-order valence-corrected chi connectivity index (χ1v) is 7.21. The van der Waals surface area contributed by atoms with E-state index in [0.29, 0.717) is 12.4 Å². The standard InChI is InChI=1S/C16H19N5O/c1-4-22-13-7-5-12(6-8-13)19-14-9-15(17)20-21-11(3)10(2)18-16(14)21/h5-9,19H,4H2,1-3H3,(H2,17,20). The fraction of sp³-hybridized carbons (Fsp3) is 0.250. The van der Waals surface area contributed by atoms with Crippen LogP contribution in [-0.4, -0.2) is 21.2 Å². The van der Waals surface area contributed by atoms with E-state index in [1.807, 2.05) is 45.0 Å². The number of anilines is 3. The molecule has 0 aliphatic heterocycles. The van der Waals surface area contributed by atoms with Crippen molar-refractivity contribution in [2.45, 2.75) is 20.8 Å². The number of fused-ring (bicyclic) bond motifs is 1. The van der Waals surface area contributed by atoms with Gasteiger partial charge in [0.1, 0.15) is 11.6 Å². The molecule has 0 fully saturated rings. The Morgan fingerprint density at radius 3 is 2.64 bits per heavy atom. The molecule has 0 aliphatic rings. The van der Waals surface area contributed by atoms with Gasteiger partial charge in [0, 0.05) is 11.8 Å². The summed E-state index contributed by atoms with van der Waals surface area (Å²) in [6.45, 7) is 6.55. The van der Waals surface area contributed by atoms with E-state index in [-0.39, 0.29) is 0 Å². The predicted octanol–water partition coefficient (Wildman–Crippen LogP) is 3.07. The molecule has 0 spiro atoms. The molecule has 0 saturated carbocycles. The normalized spacial score (nSPS) is 10.9. The molecule has 0 atom stereocenters. The molecule has 0 aliphatic carbocycles. The third-order valence-electron chi connectivity index (χ3n) is 3.51. The van der Waals surface area contributed by atoms with Crippen LogP contribution in [0.25, 0.3) is 5.65 Å². The van der Waals surface area contributed by atoms with Gasteiger partial charge >= 0.3 is 0 Å². The number of aryl methyl sites for hydroxylation is 2. The summed E-state index contributed by atoms with van der Waals surface area (Å²) < 4.78 is 7.21. The Hall–Kier alpha value is -2.76. The molecule has 22 heavy (non-hydrogen) atoms. The first-order valence-electron chi connectivity index (χ1n) is 7.21. The average Bonchev–Trinajstić information content (AvgIpc) is 2.78. The maximum Gasteiger partial charge on any atom is 0.177 e. The molecule has 2 heterocycles. The minimum atomic E-state index is 0.446. The Bertz CT molecular complexity index is 808. The summed E-state index contributed by atoms with van der Waals surface area (Å²) in [5, 5.41) is 7.65. The third-order valence-corrected chi connectivity index (χ3v) is 3.51. The number of nitrogen functional groups attached to an aromatic ring is 1. The van der Waals surface area contributed by atoms with Crippen LogP contribution in [0.5, 0.6) is 5.75 Å². The van der Waals surface area contributed by atoms with Crippen LogP contribution in [0.2, 0.25) is 0 Å². The third kappa shape index (κ3) is 2.55. The fourth-order valence-corrected chi connectivity index (χ4v) is 2.30. The number of ether oxygens (including phenoxy) is 1. The van der Waals surface area contributed by atoms with Crippen LogP contribution < -0.4 is 15.8 Å². The van der Waals surface area contributed by atoms with Crippen LogP contribution in [0.1, 0.15) is 18.3 Å². The van der Waals surface area contributed by atoms with E-state index < -0.39 is 0 Å². The maximum absolute atomic E-state index is 5.90. The highest BCUT2D eigenvalue weighted by Crippen LogP contribution is 2.25. The monoisotopic (exact) mass is 297 g/mol. The summed E-state index contributed by atoms with van der Waals surface area (Å²) in [5.74, 6) is 1.29. The van der Waals surface area contributed by atoms with E-state index in [9.17, 15) is 0 Å². The molecule has 0 amide bonds. The molecular formula is C16H19N5O. The van der Waals surface area contributed by atoms with E-state index in [0.717, 1.165) is 34.2 Å². The van der Waals surface area contributed by atoms with E-state index in [2.05, 4.69) is 15.4 Å². The number of benzene rings is 1. The number of rotatable bonds is 4. The van der Waals surface area contributed by atoms with E-state index in [1.54, 1.807) is 10.6 Å². The first-order chi connectivity index (χ1) is 10.6. The van der Waals surface area contributed by atoms with E-state index in [1.165, 1.54) is 0 Å². The number of imidazole rings is 1. The molecule has 3 aromatic rings. The molecular weight excluding hydrogens is 278 g/mol. The van der Waals surface area contributed by atoms with Crippen molar-refractivity contribution in [1.29, 1.82) is 0 Å². The molecule has 0 unspecified atom stereocenters. The molecule has 0 radical (unpaired) electrons. The summed E-state index contributed by atoms with van der Waals surface area (Å²) in [6.07, 6.45) is 0. The predicted molar refractivity (Wildman–Crippen MR) is 87.8 cm³/mol. The van der Waals surface area contributed by atoms with Crippen molar-refractivity contribution in [3.05, 3.63) is 41.7 Å². The minimum Gasteiger partial charge on any atom is -0.494 e. The highest BCUT2D eigenvalue weighted by molar-refractivity contribution is 5.76. The fourth-order valence-electron chi connectivity index (χ4n) is 2.30. The zero-order chi connectivity index (χ0) is 15.7. The van der Waals surface area contributed by atoms with Gasteiger partial charge in [0.15, 0.2) is 5.65 Å². The average molecular weight is 297 g/mol. The summed E-state index contributed by atoms with van der Waals surface area (Å²) >= 11 is 0. The first kappa shape index (κ1) is 14.2. The molecule has 2 aromatic heterocycles. The summed E-state index contributed by atoms with van der Waals surface area (Å²) in [7, 11) is 0. The summed E-state index contributed by atoms with van der Waals surface area (Å²) in [6, 6.07) is 9.56. The van der Waals surface area contributed by atoms with Crippen molar-refractivity contribution < 1.29 is 4.74 Å². The number of hydrogen-bond donors (Lipinski definition) is 2. The zero-order valence-electron chi connectivity index (χ0n) is 12.9. The summed E-state index contributed by atoms with van der Waals surface area (Å²) in [4.78, 5) is 4.55. The number of nitrogens with one attached hydrogen (secondary N) is 1. The molecule has 3 N–H and O–H groups in total. The Kier molecular flexibility index (Phi) is 3.58. The highest BCUT2D eigenvalue weighted by atomic mass is 16.5. The van der Waals surface area contributed by atoms with Gasteiger partial charge in [-0.25, -0.2) is 9.50 Å². The van der Waals surface area contributed by atoms with Crippen molar-refractivity contribution >= 4 is 22.8 Å². The van der Waals surface area contributed by atoms with Crippen LogP contribution in [0.15, 0.2) is 30.3 Å². The Morgan fingerprint density at radius 1 is 1.23 bits per heavy atom. The van der Waals surface area contributed by atoms with E-state index >= 15 is 0 Å². The SMILES string of the molecule is CCOc1ccc(Nc2cc(N)nn3c(C)c(C)nc23)cc1. The second-order valence-electron chi connectivity index (χ2n) is 5.08. The van der Waals surface area contributed by atoms with Crippen molar-refractivity contribution in [3.63, 3.8) is 0 Å². The lowest BCUT2D eigenvalue weighted by molar-refractivity contribution is 0.340. The number of nitrogens with zero attached hydrogens (tertiary/aromatic N) is 3. The van der Waals surface area contributed by atoms with Gasteiger partial charge in [0.05, 0.1) is 23.7 Å². The van der Waals surface area contributed by atoms with Crippen LogP contribution in [0, 0.1) is 13.8 Å². The van der Waals surface area contributed by atoms with Gasteiger partial charge in [-0.15, -0.1) is 5.10 Å². The van der Waals surface area contributed by atoms with Gasteiger partial charge in [-0.1, -0.05) is 0 Å². The molecule has 3 rings (SSSR count). The van der Waals surface area contributed by atoms with Crippen molar-refractivity contribution in [3.8, 4) is 5.75 Å². The largest absolute Gasteiger partial charge is 0.494 e. The second kappa shape index (κ2) is 5.55. The topological polar surface area (TPSA) is 77.5 Å². The molecule has 1 aromatic carbocycles. The zero-order valence-corrected chi connectivity index (χ0v) is 12.9. The van der Waals surface area contributed by atoms with Gasteiger partial charge in [-0.3, -0.25) is 0 Å². The smallest absolute Gasteiger partial charge is 0.177 e. The number of aromatic nitrogens is 3. The van der Waals surface area contributed by atoms with Gasteiger partial charge < -0.3 is 15.8 Å². The highest BCUT2D eigenvalue weighted by Gasteiger charge is 2.11. The van der Waals surface area contributed by atoms with Crippen molar-refractivity contribution in [2.75, 3.05) is 17.7 Å². The maximum atomic E-state index is 5.90. The van der Waals surface area contributed by atoms with Gasteiger partial charge in [0.25, 0.3) is 0 Å². The lowest BCUT2D eigenvalue weighted by Gasteiger charge is -2.10. The lowest BCUT2D eigenvalue weighted by Crippen LogP contribution is -2.03. The Labute approximate surface area is 128 Å². The van der Waals surface area contributed by atoms with Gasteiger partial charge in [-0.05, 0) is 45.0 Å².